The molecule has 1 aliphatic heterocycles. The van der Waals surface area contributed by atoms with E-state index in [9.17, 15) is 20.4 Å². The van der Waals surface area contributed by atoms with Crippen LogP contribution in [0.25, 0.3) is 10.8 Å². The van der Waals surface area contributed by atoms with Crippen LogP contribution in [0.5, 0.6) is 10.8 Å². The van der Waals surface area contributed by atoms with Gasteiger partial charge in [-0.15, -0.1) is 0 Å². The van der Waals surface area contributed by atoms with Crippen molar-refractivity contribution in [3.05, 3.63) is 52.7 Å². The van der Waals surface area contributed by atoms with E-state index in [-0.39, 0.29) is 0 Å². The maximum absolute atomic E-state index is 10.7. The van der Waals surface area contributed by atoms with Crippen molar-refractivity contribution in [1.29, 1.82) is 0 Å². The van der Waals surface area contributed by atoms with E-state index in [1.807, 2.05) is 37.3 Å². The molecule has 0 unspecified atom stereocenters. The first kappa shape index (κ1) is 22.9. The zero-order valence-electron chi connectivity index (χ0n) is 17.8. The summed E-state index contributed by atoms with van der Waals surface area (Å²) in [6.45, 7) is 1.99. The van der Waals surface area contributed by atoms with Crippen molar-refractivity contribution in [3.63, 3.8) is 0 Å². The van der Waals surface area contributed by atoms with E-state index < -0.39 is 37.1 Å². The van der Waals surface area contributed by atoms with Gasteiger partial charge in [-0.1, -0.05) is 35.6 Å². The fourth-order valence-corrected chi connectivity index (χ4v) is 5.00. The summed E-state index contributed by atoms with van der Waals surface area (Å²) >= 11 is 1.45. The lowest BCUT2D eigenvalue weighted by Gasteiger charge is -2.40. The molecule has 5 atom stereocenters. The Morgan fingerprint density at radius 1 is 1.09 bits per heavy atom. The minimum absolute atomic E-state index is 0.468. The lowest BCUT2D eigenvalue weighted by atomic mass is 9.87. The van der Waals surface area contributed by atoms with Gasteiger partial charge in [0.2, 0.25) is 0 Å². The topological polar surface area (TPSA) is 122 Å². The molecule has 172 valence electrons. The van der Waals surface area contributed by atoms with Crippen LogP contribution in [0.3, 0.4) is 0 Å². The fraction of sp³-hybridized carbons (Fsp3) is 0.435. The molecule has 2 aromatic carbocycles. The molecule has 4 N–H and O–H groups in total. The number of ether oxygens (including phenoxy) is 3. The number of fused-ring (bicyclic) bond motifs is 1. The van der Waals surface area contributed by atoms with Crippen molar-refractivity contribution in [3.8, 4) is 10.8 Å². The predicted molar refractivity (Wildman–Crippen MR) is 119 cm³/mol. The third kappa shape index (κ3) is 4.19. The summed E-state index contributed by atoms with van der Waals surface area (Å²) in [6.07, 6.45) is -4.02. The minimum Gasteiger partial charge on any atom is -0.496 e. The molecule has 1 fully saturated rings. The summed E-state index contributed by atoms with van der Waals surface area (Å²) in [6, 6.07) is 9.43. The van der Waals surface area contributed by atoms with E-state index in [4.69, 9.17) is 14.2 Å². The van der Waals surface area contributed by atoms with Crippen molar-refractivity contribution in [2.24, 2.45) is 0 Å². The molecule has 1 saturated heterocycles. The monoisotopic (exact) mass is 461 g/mol. The van der Waals surface area contributed by atoms with Crippen molar-refractivity contribution in [2.45, 2.75) is 43.9 Å². The Morgan fingerprint density at radius 2 is 1.84 bits per heavy atom. The molecule has 0 amide bonds. The number of benzene rings is 2. The average Bonchev–Trinajstić information content (AvgIpc) is 3.24. The molecule has 0 aliphatic carbocycles. The lowest BCUT2D eigenvalue weighted by Crippen LogP contribution is -2.55. The van der Waals surface area contributed by atoms with Crippen molar-refractivity contribution in [2.75, 3.05) is 20.3 Å². The van der Waals surface area contributed by atoms with Gasteiger partial charge in [-0.05, 0) is 23.9 Å². The van der Waals surface area contributed by atoms with Gasteiger partial charge < -0.3 is 34.6 Å². The van der Waals surface area contributed by atoms with E-state index in [1.54, 1.807) is 13.3 Å². The van der Waals surface area contributed by atoms with E-state index in [1.165, 1.54) is 11.3 Å². The molecule has 1 aromatic heterocycles. The highest BCUT2D eigenvalue weighted by atomic mass is 32.1. The summed E-state index contributed by atoms with van der Waals surface area (Å²) in [7, 11) is 1.60. The second kappa shape index (κ2) is 9.70. The highest BCUT2D eigenvalue weighted by Gasteiger charge is 2.44. The largest absolute Gasteiger partial charge is 0.496 e. The molecule has 0 spiro atoms. The van der Waals surface area contributed by atoms with E-state index in [0.717, 1.165) is 26.4 Å². The zero-order valence-corrected chi connectivity index (χ0v) is 18.7. The van der Waals surface area contributed by atoms with Gasteiger partial charge in [0.25, 0.3) is 0 Å². The van der Waals surface area contributed by atoms with Gasteiger partial charge in [-0.2, -0.15) is 0 Å². The van der Waals surface area contributed by atoms with E-state index >= 15 is 0 Å². The Balaban J connectivity index is 1.81. The standard InChI is InChI=1S/C23H27NO7S/c1-3-30-18-10-24-17(32-18)9-12-8-15(13-6-4-5-7-14(13)22(12)29-2)23-21(28)20(27)19(26)16(11-25)31-23/h4-8,10,16,19-21,23,25-28H,3,9,11H2,1-2H3/t16-,19-,20+,21-,23+/m1/s1. The SMILES string of the molecule is CCOc1cnc(Cc2cc([C@@H]3O[C@H](CO)[C@@H](O)[C@H](O)[C@H]3O)c3ccccc3c2OC)s1. The van der Waals surface area contributed by atoms with Crippen LogP contribution in [-0.2, 0) is 11.2 Å². The highest BCUT2D eigenvalue weighted by molar-refractivity contribution is 7.13. The highest BCUT2D eigenvalue weighted by Crippen LogP contribution is 2.41. The summed E-state index contributed by atoms with van der Waals surface area (Å²) in [5, 5.41) is 44.0. The molecule has 3 aromatic rings. The molecule has 0 radical (unpaired) electrons. The van der Waals surface area contributed by atoms with Gasteiger partial charge in [0.05, 0.1) is 26.5 Å². The number of hydrogen-bond donors (Lipinski definition) is 4. The quantitative estimate of drug-likeness (QED) is 0.420. The summed E-state index contributed by atoms with van der Waals surface area (Å²) in [5.74, 6) is 0.683. The normalized spacial score (nSPS) is 25.8. The van der Waals surface area contributed by atoms with Crippen LogP contribution in [0.15, 0.2) is 36.5 Å². The maximum Gasteiger partial charge on any atom is 0.194 e. The number of methoxy groups -OCH3 is 1. The van der Waals surface area contributed by atoms with Crippen LogP contribution in [-0.4, -0.2) is 70.1 Å². The molecule has 2 heterocycles. The molecule has 4 rings (SSSR count). The Labute approximate surface area is 189 Å². The lowest BCUT2D eigenvalue weighted by molar-refractivity contribution is -0.231. The summed E-state index contributed by atoms with van der Waals surface area (Å²) in [5.41, 5.74) is 1.46. The van der Waals surface area contributed by atoms with Crippen LogP contribution in [0.2, 0.25) is 0 Å². The number of aliphatic hydroxyl groups excluding tert-OH is 4. The molecule has 8 nitrogen and oxygen atoms in total. The average molecular weight is 462 g/mol. The number of nitrogens with zero attached hydrogens (tertiary/aromatic N) is 1. The summed E-state index contributed by atoms with van der Waals surface area (Å²) < 4.78 is 17.1. The second-order valence-electron chi connectivity index (χ2n) is 7.64. The Kier molecular flexibility index (Phi) is 6.94. The number of thiazole rings is 1. The second-order valence-corrected chi connectivity index (χ2v) is 8.71. The summed E-state index contributed by atoms with van der Waals surface area (Å²) in [4.78, 5) is 4.44. The molecular weight excluding hydrogens is 434 g/mol. The number of hydrogen-bond acceptors (Lipinski definition) is 9. The fourth-order valence-electron chi connectivity index (χ4n) is 4.15. The third-order valence-corrected chi connectivity index (χ3v) is 6.58. The molecule has 0 saturated carbocycles. The molecular formula is C23H27NO7S. The van der Waals surface area contributed by atoms with Gasteiger partial charge in [0.15, 0.2) is 5.06 Å². The van der Waals surface area contributed by atoms with Gasteiger partial charge in [-0.3, -0.25) is 0 Å². The smallest absolute Gasteiger partial charge is 0.194 e. The first-order chi connectivity index (χ1) is 15.5. The molecule has 1 aliphatic rings. The number of aliphatic hydroxyl groups is 4. The molecule has 9 heteroatoms. The Morgan fingerprint density at radius 3 is 2.53 bits per heavy atom. The van der Waals surface area contributed by atoms with E-state index in [0.29, 0.717) is 24.3 Å². The third-order valence-electron chi connectivity index (χ3n) is 5.67. The van der Waals surface area contributed by atoms with Gasteiger partial charge in [0.1, 0.15) is 41.3 Å². The maximum atomic E-state index is 10.7. The van der Waals surface area contributed by atoms with Crippen LogP contribution in [0, 0.1) is 0 Å². The molecule has 32 heavy (non-hydrogen) atoms. The van der Waals surface area contributed by atoms with E-state index in [2.05, 4.69) is 4.98 Å². The van der Waals surface area contributed by atoms with Crippen LogP contribution >= 0.6 is 11.3 Å². The van der Waals surface area contributed by atoms with Crippen LogP contribution in [0.4, 0.5) is 0 Å². The molecule has 0 bridgehead atoms. The zero-order chi connectivity index (χ0) is 22.8. The van der Waals surface area contributed by atoms with Crippen molar-refractivity contribution in [1.82, 2.24) is 4.98 Å². The van der Waals surface area contributed by atoms with Crippen LogP contribution in [0.1, 0.15) is 29.2 Å². The Bertz CT molecular complexity index is 1070. The first-order valence-corrected chi connectivity index (χ1v) is 11.3. The minimum atomic E-state index is -1.46. The van der Waals surface area contributed by atoms with Crippen molar-refractivity contribution < 1.29 is 34.6 Å². The number of rotatable bonds is 7. The Hall–Kier alpha value is -2.27. The van der Waals surface area contributed by atoms with Gasteiger partial charge in [0, 0.05) is 17.4 Å². The first-order valence-electron chi connectivity index (χ1n) is 10.4. The van der Waals surface area contributed by atoms with Gasteiger partial charge in [-0.25, -0.2) is 4.98 Å². The van der Waals surface area contributed by atoms with Gasteiger partial charge >= 0.3 is 0 Å². The number of aromatic nitrogens is 1. The predicted octanol–water partition coefficient (Wildman–Crippen LogP) is 1.81. The van der Waals surface area contributed by atoms with Crippen LogP contribution < -0.4 is 9.47 Å². The van der Waals surface area contributed by atoms with Crippen molar-refractivity contribution >= 4 is 22.1 Å².